The van der Waals surface area contributed by atoms with Crippen LogP contribution in [0.5, 0.6) is 0 Å². The fourth-order valence-electron chi connectivity index (χ4n) is 1.86. The van der Waals surface area contributed by atoms with Crippen LogP contribution in [0.1, 0.15) is 32.0 Å². The van der Waals surface area contributed by atoms with E-state index in [4.69, 9.17) is 0 Å². The monoisotopic (exact) mass is 207 g/mol. The fourth-order valence-corrected chi connectivity index (χ4v) is 1.86. The topological polar surface area (TPSA) is 57.7 Å². The SMILES string of the molecule is CC(C)=CCN1CCC(c2nn[nH]n2)C1. The Labute approximate surface area is 89.6 Å². The van der Waals surface area contributed by atoms with Crippen LogP contribution in [0.4, 0.5) is 0 Å². The smallest absolute Gasteiger partial charge is 0.178 e. The summed E-state index contributed by atoms with van der Waals surface area (Å²) in [5, 5.41) is 14.2. The molecule has 0 aromatic carbocycles. The maximum atomic E-state index is 4.04. The van der Waals surface area contributed by atoms with Crippen molar-refractivity contribution >= 4 is 0 Å². The molecule has 0 spiro atoms. The summed E-state index contributed by atoms with van der Waals surface area (Å²) in [6, 6.07) is 0. The number of nitrogens with zero attached hydrogens (tertiary/aromatic N) is 4. The Balaban J connectivity index is 1.87. The van der Waals surface area contributed by atoms with Gasteiger partial charge in [0, 0.05) is 19.0 Å². The number of aromatic nitrogens is 4. The predicted octanol–water partition coefficient (Wildman–Crippen LogP) is 0.955. The van der Waals surface area contributed by atoms with Crippen LogP contribution < -0.4 is 0 Å². The minimum atomic E-state index is 0.453. The number of tetrazole rings is 1. The summed E-state index contributed by atoms with van der Waals surface area (Å²) in [6.45, 7) is 7.47. The van der Waals surface area contributed by atoms with Crippen molar-refractivity contribution in [3.63, 3.8) is 0 Å². The van der Waals surface area contributed by atoms with Crippen molar-refractivity contribution in [2.45, 2.75) is 26.2 Å². The molecule has 0 aliphatic carbocycles. The summed E-state index contributed by atoms with van der Waals surface area (Å²) < 4.78 is 0. The summed E-state index contributed by atoms with van der Waals surface area (Å²) in [5.74, 6) is 1.31. The number of allylic oxidation sites excluding steroid dienone is 1. The summed E-state index contributed by atoms with van der Waals surface area (Å²) in [4.78, 5) is 2.42. The molecule has 15 heavy (non-hydrogen) atoms. The lowest BCUT2D eigenvalue weighted by Crippen LogP contribution is -2.20. The average Bonchev–Trinajstić information content (AvgIpc) is 2.85. The lowest BCUT2D eigenvalue weighted by Gasteiger charge is -2.12. The van der Waals surface area contributed by atoms with Gasteiger partial charge < -0.3 is 0 Å². The number of likely N-dealkylation sites (tertiary alicyclic amines) is 1. The molecule has 1 N–H and O–H groups in total. The van der Waals surface area contributed by atoms with E-state index in [0.29, 0.717) is 5.92 Å². The largest absolute Gasteiger partial charge is 0.299 e. The molecule has 0 radical (unpaired) electrons. The zero-order valence-corrected chi connectivity index (χ0v) is 9.27. The van der Waals surface area contributed by atoms with Gasteiger partial charge in [-0.05, 0) is 26.8 Å². The number of hydrogen-bond acceptors (Lipinski definition) is 4. The molecule has 82 valence electrons. The lowest BCUT2D eigenvalue weighted by atomic mass is 10.1. The Morgan fingerprint density at radius 2 is 2.47 bits per heavy atom. The maximum Gasteiger partial charge on any atom is 0.178 e. The van der Waals surface area contributed by atoms with Gasteiger partial charge in [0.15, 0.2) is 5.82 Å². The first-order chi connectivity index (χ1) is 7.25. The molecule has 1 atom stereocenters. The van der Waals surface area contributed by atoms with E-state index in [1.807, 2.05) is 0 Å². The Morgan fingerprint density at radius 1 is 1.60 bits per heavy atom. The van der Waals surface area contributed by atoms with Gasteiger partial charge in [-0.2, -0.15) is 5.21 Å². The normalized spacial score (nSPS) is 21.9. The van der Waals surface area contributed by atoms with Gasteiger partial charge in [-0.15, -0.1) is 10.2 Å². The Morgan fingerprint density at radius 3 is 3.13 bits per heavy atom. The van der Waals surface area contributed by atoms with Crippen molar-refractivity contribution in [1.82, 2.24) is 25.5 Å². The molecule has 2 heterocycles. The lowest BCUT2D eigenvalue weighted by molar-refractivity contribution is 0.369. The molecule has 5 heteroatoms. The van der Waals surface area contributed by atoms with Gasteiger partial charge in [0.05, 0.1) is 0 Å². The van der Waals surface area contributed by atoms with Gasteiger partial charge >= 0.3 is 0 Å². The van der Waals surface area contributed by atoms with Crippen LogP contribution in [0.25, 0.3) is 0 Å². The van der Waals surface area contributed by atoms with Crippen molar-refractivity contribution in [2.24, 2.45) is 0 Å². The second-order valence-corrected chi connectivity index (χ2v) is 4.30. The van der Waals surface area contributed by atoms with Gasteiger partial charge in [0.2, 0.25) is 0 Å². The molecule has 1 unspecified atom stereocenters. The molecular weight excluding hydrogens is 190 g/mol. The van der Waals surface area contributed by atoms with E-state index in [9.17, 15) is 0 Å². The zero-order chi connectivity index (χ0) is 10.7. The van der Waals surface area contributed by atoms with Gasteiger partial charge in [0.25, 0.3) is 0 Å². The first kappa shape index (κ1) is 10.3. The third kappa shape index (κ3) is 2.62. The molecule has 1 fully saturated rings. The molecule has 1 saturated heterocycles. The molecule has 0 saturated carbocycles. The summed E-state index contributed by atoms with van der Waals surface area (Å²) in [7, 11) is 0. The number of rotatable bonds is 3. The number of H-pyrrole nitrogens is 1. The minimum absolute atomic E-state index is 0.453. The van der Waals surface area contributed by atoms with Crippen LogP contribution in [-0.4, -0.2) is 45.2 Å². The average molecular weight is 207 g/mol. The van der Waals surface area contributed by atoms with Crippen molar-refractivity contribution in [2.75, 3.05) is 19.6 Å². The highest BCUT2D eigenvalue weighted by molar-refractivity contribution is 5.00. The molecular formula is C10H17N5. The quantitative estimate of drug-likeness (QED) is 0.750. The van der Waals surface area contributed by atoms with Crippen molar-refractivity contribution < 1.29 is 0 Å². The van der Waals surface area contributed by atoms with Crippen molar-refractivity contribution in [3.8, 4) is 0 Å². The van der Waals surface area contributed by atoms with Gasteiger partial charge in [0.1, 0.15) is 0 Å². The maximum absolute atomic E-state index is 4.04. The minimum Gasteiger partial charge on any atom is -0.299 e. The van der Waals surface area contributed by atoms with E-state index in [1.165, 1.54) is 5.57 Å². The highest BCUT2D eigenvalue weighted by Gasteiger charge is 2.25. The standard InChI is InChI=1S/C10H17N5/c1-8(2)3-5-15-6-4-9(7-15)10-11-13-14-12-10/h3,9H,4-7H2,1-2H3,(H,11,12,13,14). The third-order valence-electron chi connectivity index (χ3n) is 2.76. The molecule has 2 rings (SSSR count). The van der Waals surface area contributed by atoms with Crippen LogP contribution in [0.15, 0.2) is 11.6 Å². The summed E-state index contributed by atoms with van der Waals surface area (Å²) >= 11 is 0. The number of nitrogens with one attached hydrogen (secondary N) is 1. The predicted molar refractivity (Wildman–Crippen MR) is 57.4 cm³/mol. The van der Waals surface area contributed by atoms with E-state index in [0.717, 1.165) is 31.9 Å². The van der Waals surface area contributed by atoms with E-state index in [-0.39, 0.29) is 0 Å². The van der Waals surface area contributed by atoms with E-state index in [2.05, 4.69) is 45.4 Å². The van der Waals surface area contributed by atoms with E-state index >= 15 is 0 Å². The van der Waals surface area contributed by atoms with Crippen LogP contribution in [0.3, 0.4) is 0 Å². The Bertz CT molecular complexity index is 326. The van der Waals surface area contributed by atoms with Crippen LogP contribution in [0, 0.1) is 0 Å². The molecule has 1 aliphatic heterocycles. The molecule has 5 nitrogen and oxygen atoms in total. The van der Waals surface area contributed by atoms with Gasteiger partial charge in [-0.25, -0.2) is 0 Å². The van der Waals surface area contributed by atoms with Crippen LogP contribution >= 0.6 is 0 Å². The molecule has 1 aromatic rings. The first-order valence-electron chi connectivity index (χ1n) is 5.35. The van der Waals surface area contributed by atoms with E-state index in [1.54, 1.807) is 0 Å². The molecule has 1 aromatic heterocycles. The molecule has 1 aliphatic rings. The third-order valence-corrected chi connectivity index (χ3v) is 2.76. The Hall–Kier alpha value is -1.23. The highest BCUT2D eigenvalue weighted by Crippen LogP contribution is 2.23. The molecule has 0 amide bonds. The fraction of sp³-hybridized carbons (Fsp3) is 0.700. The van der Waals surface area contributed by atoms with Crippen molar-refractivity contribution in [1.29, 1.82) is 0 Å². The van der Waals surface area contributed by atoms with Gasteiger partial charge in [-0.3, -0.25) is 4.90 Å². The Kier molecular flexibility index (Phi) is 3.11. The first-order valence-corrected chi connectivity index (χ1v) is 5.35. The summed E-state index contributed by atoms with van der Waals surface area (Å²) in [5.41, 5.74) is 1.37. The van der Waals surface area contributed by atoms with Gasteiger partial charge in [-0.1, -0.05) is 16.9 Å². The second kappa shape index (κ2) is 4.53. The highest BCUT2D eigenvalue weighted by atomic mass is 15.5. The number of aromatic amines is 1. The van der Waals surface area contributed by atoms with Crippen LogP contribution in [-0.2, 0) is 0 Å². The summed E-state index contributed by atoms with van der Waals surface area (Å²) in [6.07, 6.45) is 3.40. The zero-order valence-electron chi connectivity index (χ0n) is 9.27. The van der Waals surface area contributed by atoms with Crippen molar-refractivity contribution in [3.05, 3.63) is 17.5 Å². The number of hydrogen-bond donors (Lipinski definition) is 1. The van der Waals surface area contributed by atoms with Crippen LogP contribution in [0.2, 0.25) is 0 Å². The second-order valence-electron chi connectivity index (χ2n) is 4.30. The van der Waals surface area contributed by atoms with E-state index < -0.39 is 0 Å². The molecule has 0 bridgehead atoms.